The Bertz CT molecular complexity index is 588. The number of likely N-dealkylation sites (tertiary alicyclic amines) is 1. The van der Waals surface area contributed by atoms with Gasteiger partial charge in [0.25, 0.3) is 0 Å². The van der Waals surface area contributed by atoms with E-state index in [-0.39, 0.29) is 24.4 Å². The van der Waals surface area contributed by atoms with Crippen LogP contribution < -0.4 is 4.74 Å². The number of hydrogen-bond acceptors (Lipinski definition) is 4. The van der Waals surface area contributed by atoms with Crippen molar-refractivity contribution < 1.29 is 9.53 Å². The second kappa shape index (κ2) is 9.60. The monoisotopic (exact) mass is 389 g/mol. The number of pyridine rings is 1. The number of ether oxygens (including phenoxy) is 1. The van der Waals surface area contributed by atoms with Crippen LogP contribution in [0.3, 0.4) is 0 Å². The van der Waals surface area contributed by atoms with Crippen LogP contribution in [-0.2, 0) is 11.3 Å². The van der Waals surface area contributed by atoms with E-state index < -0.39 is 5.38 Å². The van der Waals surface area contributed by atoms with Crippen molar-refractivity contribution in [2.24, 2.45) is 0 Å². The van der Waals surface area contributed by atoms with Crippen molar-refractivity contribution >= 4 is 29.9 Å². The van der Waals surface area contributed by atoms with Crippen LogP contribution in [0.2, 0.25) is 0 Å². The lowest BCUT2D eigenvalue weighted by Crippen LogP contribution is -2.47. The van der Waals surface area contributed by atoms with Crippen molar-refractivity contribution in [1.29, 1.82) is 0 Å². The SMILES string of the molecule is COc1c(C)cnc(CN2CCC(N(C)C(=O)C(C)Cl)CC2)c1C.Cl. The Hall–Kier alpha value is -1.04. The van der Waals surface area contributed by atoms with E-state index in [1.807, 2.05) is 25.1 Å². The number of carbonyl (C=O) groups is 1. The molecule has 1 amide bonds. The van der Waals surface area contributed by atoms with Gasteiger partial charge in [0, 0.05) is 50.0 Å². The van der Waals surface area contributed by atoms with E-state index in [1.165, 1.54) is 0 Å². The van der Waals surface area contributed by atoms with Crippen LogP contribution in [0.1, 0.15) is 36.6 Å². The lowest BCUT2D eigenvalue weighted by atomic mass is 10.0. The van der Waals surface area contributed by atoms with Crippen molar-refractivity contribution in [3.63, 3.8) is 0 Å². The van der Waals surface area contributed by atoms with E-state index in [9.17, 15) is 4.79 Å². The first-order valence-corrected chi connectivity index (χ1v) is 8.91. The Morgan fingerprint density at radius 2 is 2.04 bits per heavy atom. The highest BCUT2D eigenvalue weighted by atomic mass is 35.5. The standard InChI is InChI=1S/C18H28ClN3O2.ClH/c1-12-10-20-16(13(2)17(12)24-5)11-22-8-6-15(7-9-22)21(4)18(23)14(3)19;/h10,14-15H,6-9,11H2,1-5H3;1H. The van der Waals surface area contributed by atoms with Gasteiger partial charge in [0.1, 0.15) is 11.1 Å². The number of methoxy groups -OCH3 is 1. The van der Waals surface area contributed by atoms with Gasteiger partial charge in [-0.05, 0) is 33.6 Å². The summed E-state index contributed by atoms with van der Waals surface area (Å²) in [7, 11) is 3.56. The van der Waals surface area contributed by atoms with Crippen LogP contribution in [-0.4, -0.2) is 59.4 Å². The maximum absolute atomic E-state index is 12.0. The number of nitrogens with zero attached hydrogens (tertiary/aromatic N) is 3. The summed E-state index contributed by atoms with van der Waals surface area (Å²) in [5.41, 5.74) is 3.24. The molecular weight excluding hydrogens is 361 g/mol. The first-order valence-electron chi connectivity index (χ1n) is 8.47. The van der Waals surface area contributed by atoms with Crippen LogP contribution in [0, 0.1) is 13.8 Å². The molecule has 0 aliphatic carbocycles. The number of alkyl halides is 1. The minimum absolute atomic E-state index is 0. The Labute approximate surface area is 162 Å². The van der Waals surface area contributed by atoms with Gasteiger partial charge in [-0.2, -0.15) is 0 Å². The highest BCUT2D eigenvalue weighted by Gasteiger charge is 2.27. The molecule has 0 radical (unpaired) electrons. The third-order valence-corrected chi connectivity index (χ3v) is 5.10. The van der Waals surface area contributed by atoms with Gasteiger partial charge >= 0.3 is 0 Å². The molecule has 0 N–H and O–H groups in total. The highest BCUT2D eigenvalue weighted by molar-refractivity contribution is 6.30. The van der Waals surface area contributed by atoms with Gasteiger partial charge in [-0.3, -0.25) is 14.7 Å². The van der Waals surface area contributed by atoms with Crippen LogP contribution >= 0.6 is 24.0 Å². The fourth-order valence-electron chi connectivity index (χ4n) is 3.37. The van der Waals surface area contributed by atoms with Gasteiger partial charge in [-0.15, -0.1) is 24.0 Å². The smallest absolute Gasteiger partial charge is 0.240 e. The topological polar surface area (TPSA) is 45.7 Å². The summed E-state index contributed by atoms with van der Waals surface area (Å²) in [4.78, 5) is 20.8. The molecule has 1 aliphatic heterocycles. The van der Waals surface area contributed by atoms with E-state index in [1.54, 1.807) is 14.0 Å². The molecule has 2 rings (SSSR count). The van der Waals surface area contributed by atoms with Gasteiger partial charge in [0.2, 0.25) is 5.91 Å². The van der Waals surface area contributed by atoms with Crippen molar-refractivity contribution in [2.45, 2.75) is 51.6 Å². The van der Waals surface area contributed by atoms with Gasteiger partial charge < -0.3 is 9.64 Å². The molecule has 0 spiro atoms. The van der Waals surface area contributed by atoms with Crippen molar-refractivity contribution in [3.8, 4) is 5.75 Å². The minimum Gasteiger partial charge on any atom is -0.496 e. The van der Waals surface area contributed by atoms with E-state index >= 15 is 0 Å². The van der Waals surface area contributed by atoms with E-state index in [0.29, 0.717) is 0 Å². The van der Waals surface area contributed by atoms with E-state index in [0.717, 1.165) is 55.0 Å². The molecule has 5 nitrogen and oxygen atoms in total. The van der Waals surface area contributed by atoms with Crippen molar-refractivity contribution in [3.05, 3.63) is 23.0 Å². The van der Waals surface area contributed by atoms with E-state index in [4.69, 9.17) is 16.3 Å². The molecule has 0 bridgehead atoms. The van der Waals surface area contributed by atoms with Crippen LogP contribution in [0.4, 0.5) is 0 Å². The second-order valence-corrected chi connectivity index (χ2v) is 7.27. The molecule has 0 aromatic carbocycles. The Balaban J connectivity index is 0.00000312. The first-order chi connectivity index (χ1) is 11.3. The van der Waals surface area contributed by atoms with Gasteiger partial charge in [-0.1, -0.05) is 0 Å². The fraction of sp³-hybridized carbons (Fsp3) is 0.667. The molecule has 1 saturated heterocycles. The Kier molecular flexibility index (Phi) is 8.45. The lowest BCUT2D eigenvalue weighted by Gasteiger charge is -2.37. The summed E-state index contributed by atoms with van der Waals surface area (Å²) in [6.45, 7) is 8.54. The van der Waals surface area contributed by atoms with Gasteiger partial charge in [0.05, 0.1) is 12.8 Å². The Morgan fingerprint density at radius 3 is 2.56 bits per heavy atom. The molecule has 1 atom stereocenters. The zero-order chi connectivity index (χ0) is 17.9. The number of aryl methyl sites for hydroxylation is 1. The minimum atomic E-state index is -0.458. The largest absolute Gasteiger partial charge is 0.496 e. The number of piperidine rings is 1. The average Bonchev–Trinajstić information content (AvgIpc) is 2.57. The van der Waals surface area contributed by atoms with Crippen LogP contribution in [0.5, 0.6) is 5.75 Å². The fourth-order valence-corrected chi connectivity index (χ4v) is 3.52. The van der Waals surface area contributed by atoms with Gasteiger partial charge in [0.15, 0.2) is 0 Å². The molecule has 1 aliphatic rings. The van der Waals surface area contributed by atoms with Crippen molar-refractivity contribution in [2.75, 3.05) is 27.2 Å². The summed E-state index contributed by atoms with van der Waals surface area (Å²) < 4.78 is 5.49. The highest BCUT2D eigenvalue weighted by Crippen LogP contribution is 2.26. The predicted molar refractivity (Wildman–Crippen MR) is 104 cm³/mol. The number of halogens is 2. The normalized spacial score (nSPS) is 16.9. The molecule has 142 valence electrons. The first kappa shape index (κ1) is 22.0. The predicted octanol–water partition coefficient (Wildman–Crippen LogP) is 3.18. The average molecular weight is 390 g/mol. The molecule has 25 heavy (non-hydrogen) atoms. The number of hydrogen-bond donors (Lipinski definition) is 0. The Morgan fingerprint density at radius 1 is 1.44 bits per heavy atom. The second-order valence-electron chi connectivity index (χ2n) is 6.62. The third-order valence-electron chi connectivity index (χ3n) is 4.92. The maximum atomic E-state index is 12.0. The number of aromatic nitrogens is 1. The van der Waals surface area contributed by atoms with Crippen molar-refractivity contribution in [1.82, 2.24) is 14.8 Å². The summed E-state index contributed by atoms with van der Waals surface area (Å²) in [5.74, 6) is 0.937. The molecular formula is C18H29Cl2N3O2. The number of rotatable bonds is 5. The van der Waals surface area contributed by atoms with Crippen LogP contribution in [0.15, 0.2) is 6.20 Å². The molecule has 0 saturated carbocycles. The lowest BCUT2D eigenvalue weighted by molar-refractivity contribution is -0.132. The molecule has 1 unspecified atom stereocenters. The van der Waals surface area contributed by atoms with Crippen LogP contribution in [0.25, 0.3) is 0 Å². The summed E-state index contributed by atoms with van der Waals surface area (Å²) >= 11 is 5.92. The molecule has 1 aromatic heterocycles. The zero-order valence-corrected chi connectivity index (χ0v) is 17.3. The summed E-state index contributed by atoms with van der Waals surface area (Å²) in [6.07, 6.45) is 3.81. The molecule has 7 heteroatoms. The van der Waals surface area contributed by atoms with Gasteiger partial charge in [-0.25, -0.2) is 0 Å². The third kappa shape index (κ3) is 5.22. The molecule has 1 fully saturated rings. The zero-order valence-electron chi connectivity index (χ0n) is 15.7. The number of amides is 1. The quantitative estimate of drug-likeness (QED) is 0.725. The summed E-state index contributed by atoms with van der Waals surface area (Å²) in [5, 5.41) is -0.458. The maximum Gasteiger partial charge on any atom is 0.240 e. The van der Waals surface area contributed by atoms with E-state index in [2.05, 4.69) is 16.8 Å². The molecule has 1 aromatic rings. The number of carbonyl (C=O) groups excluding carboxylic acids is 1. The molecule has 2 heterocycles. The summed E-state index contributed by atoms with van der Waals surface area (Å²) in [6, 6.07) is 0.275.